The number of thioether (sulfide) groups is 1. The summed E-state index contributed by atoms with van der Waals surface area (Å²) in [6, 6.07) is -0.606. The first-order chi connectivity index (χ1) is 13.3. The Morgan fingerprint density at radius 1 is 1.29 bits per heavy atom. The van der Waals surface area contributed by atoms with Crippen molar-refractivity contribution in [3.8, 4) is 0 Å². The van der Waals surface area contributed by atoms with Gasteiger partial charge in [0.2, 0.25) is 11.8 Å². The number of nitrogens with zero attached hydrogens (tertiary/aromatic N) is 1. The van der Waals surface area contributed by atoms with Crippen molar-refractivity contribution in [1.29, 1.82) is 0 Å². The van der Waals surface area contributed by atoms with E-state index in [-0.39, 0.29) is 23.1 Å². The van der Waals surface area contributed by atoms with E-state index in [9.17, 15) is 14.4 Å². The van der Waals surface area contributed by atoms with Crippen LogP contribution in [0, 0.1) is 12.8 Å². The molecule has 2 amide bonds. The maximum Gasteiger partial charge on any atom is 0.260 e. The molecule has 0 aliphatic carbocycles. The molecule has 2 rings (SSSR count). The summed E-state index contributed by atoms with van der Waals surface area (Å²) in [5.74, 6) is 0.0611. The molecule has 0 saturated heterocycles. The summed E-state index contributed by atoms with van der Waals surface area (Å²) in [6.07, 6.45) is 1.92. The van der Waals surface area contributed by atoms with Crippen LogP contribution < -0.4 is 16.2 Å². The minimum atomic E-state index is -0.606. The molecule has 2 heterocycles. The number of likely N-dealkylation sites (N-methyl/N-ethyl adjacent to an activating group) is 1. The summed E-state index contributed by atoms with van der Waals surface area (Å²) in [7, 11) is 0. The first-order valence-corrected chi connectivity index (χ1v) is 11.3. The van der Waals surface area contributed by atoms with Crippen LogP contribution in [-0.2, 0) is 16.0 Å². The summed E-state index contributed by atoms with van der Waals surface area (Å²) in [6.45, 7) is 10.3. The van der Waals surface area contributed by atoms with Crippen LogP contribution in [0.15, 0.2) is 9.95 Å². The van der Waals surface area contributed by atoms with Crippen LogP contribution >= 0.6 is 23.1 Å². The van der Waals surface area contributed by atoms with Gasteiger partial charge in [-0.15, -0.1) is 11.3 Å². The van der Waals surface area contributed by atoms with Gasteiger partial charge in [-0.3, -0.25) is 14.4 Å². The van der Waals surface area contributed by atoms with Crippen molar-refractivity contribution in [3.05, 3.63) is 20.8 Å². The SMILES string of the molecule is CCNC(=O)[C@H](C)NC(=O)CSc1nc2sc(C)c(C[C@H](C)CC)c2c(=O)[nH]1. The van der Waals surface area contributed by atoms with E-state index in [4.69, 9.17) is 0 Å². The van der Waals surface area contributed by atoms with E-state index in [2.05, 4.69) is 34.4 Å². The van der Waals surface area contributed by atoms with Crippen molar-refractivity contribution in [2.75, 3.05) is 12.3 Å². The second kappa shape index (κ2) is 10.1. The Labute approximate surface area is 173 Å². The molecular formula is C19H28N4O3S2. The van der Waals surface area contributed by atoms with Crippen LogP contribution in [0.3, 0.4) is 0 Å². The van der Waals surface area contributed by atoms with Crippen LogP contribution in [0.1, 0.15) is 44.6 Å². The number of aromatic nitrogens is 2. The predicted molar refractivity (Wildman–Crippen MR) is 115 cm³/mol. The van der Waals surface area contributed by atoms with Crippen LogP contribution in [0.5, 0.6) is 0 Å². The molecule has 2 atom stereocenters. The number of aromatic amines is 1. The average Bonchev–Trinajstić information content (AvgIpc) is 2.95. The van der Waals surface area contributed by atoms with Crippen molar-refractivity contribution in [1.82, 2.24) is 20.6 Å². The molecule has 0 radical (unpaired) electrons. The van der Waals surface area contributed by atoms with Gasteiger partial charge in [-0.2, -0.15) is 0 Å². The summed E-state index contributed by atoms with van der Waals surface area (Å²) >= 11 is 2.67. The molecule has 2 aromatic rings. The molecule has 0 aromatic carbocycles. The fourth-order valence-electron chi connectivity index (χ4n) is 2.77. The lowest BCUT2D eigenvalue weighted by Gasteiger charge is -2.12. The number of fused-ring (bicyclic) bond motifs is 1. The first kappa shape index (κ1) is 22.4. The molecule has 0 saturated carbocycles. The van der Waals surface area contributed by atoms with Crippen molar-refractivity contribution in [2.24, 2.45) is 5.92 Å². The Morgan fingerprint density at radius 2 is 2.00 bits per heavy atom. The Morgan fingerprint density at radius 3 is 2.64 bits per heavy atom. The zero-order valence-electron chi connectivity index (χ0n) is 17.0. The van der Waals surface area contributed by atoms with Crippen LogP contribution in [0.4, 0.5) is 0 Å². The second-order valence-corrected chi connectivity index (χ2v) is 9.05. The van der Waals surface area contributed by atoms with Gasteiger partial charge in [0.15, 0.2) is 5.16 Å². The molecule has 0 fully saturated rings. The van der Waals surface area contributed by atoms with Gasteiger partial charge in [0.05, 0.1) is 11.1 Å². The predicted octanol–water partition coefficient (Wildman–Crippen LogP) is 2.61. The van der Waals surface area contributed by atoms with Gasteiger partial charge in [0, 0.05) is 11.4 Å². The highest BCUT2D eigenvalue weighted by Crippen LogP contribution is 2.30. The lowest BCUT2D eigenvalue weighted by Crippen LogP contribution is -2.45. The third kappa shape index (κ3) is 5.57. The van der Waals surface area contributed by atoms with Crippen LogP contribution in [0.2, 0.25) is 0 Å². The van der Waals surface area contributed by atoms with Crippen molar-refractivity contribution < 1.29 is 9.59 Å². The molecule has 0 unspecified atom stereocenters. The molecule has 0 aliphatic rings. The number of rotatable bonds is 9. The average molecular weight is 425 g/mol. The fraction of sp³-hybridized carbons (Fsp3) is 0.579. The molecule has 0 bridgehead atoms. The van der Waals surface area contributed by atoms with E-state index in [1.807, 2.05) is 13.8 Å². The van der Waals surface area contributed by atoms with Gasteiger partial charge in [0.1, 0.15) is 10.9 Å². The number of thiophene rings is 1. The minimum absolute atomic E-state index is 0.0717. The Balaban J connectivity index is 2.09. The summed E-state index contributed by atoms with van der Waals surface area (Å²) in [5, 5.41) is 6.38. The third-order valence-corrected chi connectivity index (χ3v) is 6.47. The van der Waals surface area contributed by atoms with Crippen LogP contribution in [0.25, 0.3) is 10.2 Å². The largest absolute Gasteiger partial charge is 0.355 e. The highest BCUT2D eigenvalue weighted by atomic mass is 32.2. The Hall–Kier alpha value is -1.87. The first-order valence-electron chi connectivity index (χ1n) is 9.48. The highest BCUT2D eigenvalue weighted by molar-refractivity contribution is 7.99. The number of carbonyl (C=O) groups is 2. The number of hydrogen-bond acceptors (Lipinski definition) is 6. The molecule has 7 nitrogen and oxygen atoms in total. The summed E-state index contributed by atoms with van der Waals surface area (Å²) < 4.78 is 0. The molecule has 9 heteroatoms. The number of H-pyrrole nitrogens is 1. The maximum atomic E-state index is 12.6. The normalized spacial score (nSPS) is 13.3. The maximum absolute atomic E-state index is 12.6. The van der Waals surface area contributed by atoms with Gasteiger partial charge < -0.3 is 15.6 Å². The number of carbonyl (C=O) groups excluding carboxylic acids is 2. The smallest absolute Gasteiger partial charge is 0.260 e. The Kier molecular flexibility index (Phi) is 8.06. The highest BCUT2D eigenvalue weighted by Gasteiger charge is 2.18. The van der Waals surface area contributed by atoms with Crippen molar-refractivity contribution in [2.45, 2.75) is 58.7 Å². The zero-order chi connectivity index (χ0) is 20.8. The number of amides is 2. The molecule has 28 heavy (non-hydrogen) atoms. The number of hydrogen-bond donors (Lipinski definition) is 3. The molecule has 3 N–H and O–H groups in total. The van der Waals surface area contributed by atoms with E-state index < -0.39 is 6.04 Å². The van der Waals surface area contributed by atoms with E-state index in [1.165, 1.54) is 11.3 Å². The van der Waals surface area contributed by atoms with Gasteiger partial charge in [-0.05, 0) is 38.7 Å². The quantitative estimate of drug-likeness (QED) is 0.424. The van der Waals surface area contributed by atoms with E-state index in [1.54, 1.807) is 6.92 Å². The topological polar surface area (TPSA) is 104 Å². The monoisotopic (exact) mass is 424 g/mol. The van der Waals surface area contributed by atoms with E-state index >= 15 is 0 Å². The number of nitrogens with one attached hydrogen (secondary N) is 3. The van der Waals surface area contributed by atoms with E-state index in [0.29, 0.717) is 27.8 Å². The molecule has 154 valence electrons. The molecule has 0 spiro atoms. The molecule has 0 aliphatic heterocycles. The van der Waals surface area contributed by atoms with Gasteiger partial charge >= 0.3 is 0 Å². The van der Waals surface area contributed by atoms with Gasteiger partial charge in [-0.1, -0.05) is 32.0 Å². The zero-order valence-corrected chi connectivity index (χ0v) is 18.6. The second-order valence-electron chi connectivity index (χ2n) is 6.88. The number of aryl methyl sites for hydroxylation is 1. The van der Waals surface area contributed by atoms with Crippen molar-refractivity contribution >= 4 is 45.1 Å². The molecular weight excluding hydrogens is 396 g/mol. The van der Waals surface area contributed by atoms with E-state index in [0.717, 1.165) is 35.0 Å². The fourth-order valence-corrected chi connectivity index (χ4v) is 4.56. The third-order valence-electron chi connectivity index (χ3n) is 4.55. The lowest BCUT2D eigenvalue weighted by atomic mass is 9.98. The lowest BCUT2D eigenvalue weighted by molar-refractivity contribution is -0.127. The standard InChI is InChI=1S/C19H28N4O3S2/c1-6-10(3)8-13-12(5)28-18-15(13)17(26)22-19(23-18)27-9-14(24)21-11(4)16(25)20-7-2/h10-11H,6-9H2,1-5H3,(H,20,25)(H,21,24)(H,22,23,26)/t10-,11+/m1/s1. The van der Waals surface area contributed by atoms with Gasteiger partial charge in [0.25, 0.3) is 5.56 Å². The van der Waals surface area contributed by atoms with Gasteiger partial charge in [-0.25, -0.2) is 4.98 Å². The summed E-state index contributed by atoms with van der Waals surface area (Å²) in [4.78, 5) is 45.5. The molecule has 2 aromatic heterocycles. The Bertz CT molecular complexity index is 906. The minimum Gasteiger partial charge on any atom is -0.355 e. The van der Waals surface area contributed by atoms with Crippen molar-refractivity contribution in [3.63, 3.8) is 0 Å². The van der Waals surface area contributed by atoms with Crippen LogP contribution in [-0.4, -0.2) is 40.1 Å². The summed E-state index contributed by atoms with van der Waals surface area (Å²) in [5.41, 5.74) is 0.916.